The Morgan fingerprint density at radius 3 is 2.89 bits per heavy atom. The van der Waals surface area contributed by atoms with Crippen molar-refractivity contribution in [3.05, 3.63) is 77.8 Å². The maximum atomic E-state index is 9.03. The molecule has 2 aromatic heterocycles. The van der Waals surface area contributed by atoms with Crippen molar-refractivity contribution < 1.29 is 0 Å². The summed E-state index contributed by atoms with van der Waals surface area (Å²) in [6.07, 6.45) is 4.84. The smallest absolute Gasteiger partial charge is 0.137 e. The van der Waals surface area contributed by atoms with Gasteiger partial charge in [-0.15, -0.1) is 0 Å². The standard InChI is InChI=1S/C23H25N5/c1-17(13-27-10-9-20-5-3-4-6-21(20)15-27)12-25-18(2)22-16-28-14-19(11-24)7-8-23(28)26-22/h3-8,14,16-17,25H,2,9-10,12-13,15H2,1H3. The molecule has 0 spiro atoms. The van der Waals surface area contributed by atoms with E-state index in [0.29, 0.717) is 11.5 Å². The lowest BCUT2D eigenvalue weighted by molar-refractivity contribution is 0.220. The van der Waals surface area contributed by atoms with Gasteiger partial charge in [0.15, 0.2) is 0 Å². The van der Waals surface area contributed by atoms with Crippen LogP contribution in [-0.4, -0.2) is 33.9 Å². The fourth-order valence-corrected chi connectivity index (χ4v) is 3.81. The van der Waals surface area contributed by atoms with Crippen LogP contribution in [0, 0.1) is 17.2 Å². The van der Waals surface area contributed by atoms with Crippen molar-refractivity contribution in [3.8, 4) is 6.07 Å². The molecular weight excluding hydrogens is 346 g/mol. The number of fused-ring (bicyclic) bond motifs is 2. The maximum absolute atomic E-state index is 9.03. The molecule has 0 aliphatic carbocycles. The molecule has 5 heteroatoms. The Morgan fingerprint density at radius 2 is 2.07 bits per heavy atom. The highest BCUT2D eigenvalue weighted by molar-refractivity contribution is 5.61. The highest BCUT2D eigenvalue weighted by Crippen LogP contribution is 2.19. The summed E-state index contributed by atoms with van der Waals surface area (Å²) in [5.41, 5.74) is 6.01. The second-order valence-corrected chi connectivity index (χ2v) is 7.64. The Morgan fingerprint density at radius 1 is 1.25 bits per heavy atom. The van der Waals surface area contributed by atoms with E-state index in [1.54, 1.807) is 12.3 Å². The van der Waals surface area contributed by atoms with Crippen LogP contribution in [0.1, 0.15) is 29.3 Å². The fraction of sp³-hybridized carbons (Fsp3) is 0.304. The van der Waals surface area contributed by atoms with E-state index in [0.717, 1.165) is 49.6 Å². The number of imidazole rings is 1. The van der Waals surface area contributed by atoms with Gasteiger partial charge in [0.1, 0.15) is 17.4 Å². The van der Waals surface area contributed by atoms with Crippen LogP contribution in [0.3, 0.4) is 0 Å². The third-order valence-electron chi connectivity index (χ3n) is 5.33. The average molecular weight is 371 g/mol. The highest BCUT2D eigenvalue weighted by atomic mass is 15.1. The molecule has 3 aromatic rings. The van der Waals surface area contributed by atoms with E-state index in [1.807, 2.05) is 16.7 Å². The molecular formula is C23H25N5. The number of pyridine rings is 1. The molecule has 0 amide bonds. The number of hydrogen-bond acceptors (Lipinski definition) is 4. The van der Waals surface area contributed by atoms with Crippen molar-refractivity contribution >= 4 is 11.3 Å². The lowest BCUT2D eigenvalue weighted by Gasteiger charge is -2.31. The molecule has 1 unspecified atom stereocenters. The number of nitrogens with zero attached hydrogens (tertiary/aromatic N) is 4. The minimum atomic E-state index is 0.504. The molecule has 1 atom stereocenters. The minimum absolute atomic E-state index is 0.504. The predicted molar refractivity (Wildman–Crippen MR) is 112 cm³/mol. The molecule has 5 nitrogen and oxygen atoms in total. The van der Waals surface area contributed by atoms with E-state index in [-0.39, 0.29) is 0 Å². The molecule has 3 heterocycles. The van der Waals surface area contributed by atoms with Gasteiger partial charge in [-0.2, -0.15) is 5.26 Å². The average Bonchev–Trinajstić information content (AvgIpc) is 3.15. The van der Waals surface area contributed by atoms with Gasteiger partial charge in [-0.1, -0.05) is 37.8 Å². The monoisotopic (exact) mass is 371 g/mol. The number of benzene rings is 1. The lowest BCUT2D eigenvalue weighted by Crippen LogP contribution is -2.36. The van der Waals surface area contributed by atoms with Crippen LogP contribution in [0.15, 0.2) is 55.4 Å². The van der Waals surface area contributed by atoms with Gasteiger partial charge in [-0.05, 0) is 35.6 Å². The van der Waals surface area contributed by atoms with Crippen LogP contribution in [0.25, 0.3) is 11.3 Å². The Labute approximate surface area is 165 Å². The van der Waals surface area contributed by atoms with Gasteiger partial charge in [0.2, 0.25) is 0 Å². The fourth-order valence-electron chi connectivity index (χ4n) is 3.81. The van der Waals surface area contributed by atoms with Gasteiger partial charge >= 0.3 is 0 Å². The Bertz CT molecular complexity index is 1040. The van der Waals surface area contributed by atoms with Crippen LogP contribution in [-0.2, 0) is 13.0 Å². The number of nitrogens with one attached hydrogen (secondary N) is 1. The molecule has 0 bridgehead atoms. The zero-order valence-electron chi connectivity index (χ0n) is 16.2. The minimum Gasteiger partial charge on any atom is -0.383 e. The molecule has 4 rings (SSSR count). The maximum Gasteiger partial charge on any atom is 0.137 e. The summed E-state index contributed by atoms with van der Waals surface area (Å²) in [5, 5.41) is 12.5. The first kappa shape index (κ1) is 18.3. The Hall–Kier alpha value is -3.10. The van der Waals surface area contributed by atoms with Gasteiger partial charge in [0.25, 0.3) is 0 Å². The summed E-state index contributed by atoms with van der Waals surface area (Å²) in [4.78, 5) is 7.12. The summed E-state index contributed by atoms with van der Waals surface area (Å²) < 4.78 is 1.87. The van der Waals surface area contributed by atoms with Crippen LogP contribution < -0.4 is 5.32 Å². The van der Waals surface area contributed by atoms with Crippen molar-refractivity contribution in [3.63, 3.8) is 0 Å². The van der Waals surface area contributed by atoms with E-state index < -0.39 is 0 Å². The number of hydrogen-bond donors (Lipinski definition) is 1. The van der Waals surface area contributed by atoms with Crippen LogP contribution in [0.2, 0.25) is 0 Å². The molecule has 142 valence electrons. The van der Waals surface area contributed by atoms with Gasteiger partial charge in [0.05, 0.1) is 11.3 Å². The zero-order valence-corrected chi connectivity index (χ0v) is 16.2. The lowest BCUT2D eigenvalue weighted by atomic mass is 9.99. The third kappa shape index (κ3) is 3.92. The molecule has 1 aliphatic rings. The number of rotatable bonds is 6. The highest BCUT2D eigenvalue weighted by Gasteiger charge is 2.17. The van der Waals surface area contributed by atoms with Gasteiger partial charge in [0, 0.05) is 38.6 Å². The molecule has 0 radical (unpaired) electrons. The van der Waals surface area contributed by atoms with Crippen LogP contribution in [0.4, 0.5) is 0 Å². The van der Waals surface area contributed by atoms with E-state index >= 15 is 0 Å². The SMILES string of the molecule is C=C(NCC(C)CN1CCc2ccccc2C1)c1cn2cc(C#N)ccc2n1. The summed E-state index contributed by atoms with van der Waals surface area (Å²) in [5.74, 6) is 0.504. The second kappa shape index (κ2) is 7.87. The van der Waals surface area contributed by atoms with Crippen molar-refractivity contribution in [2.24, 2.45) is 5.92 Å². The van der Waals surface area contributed by atoms with Gasteiger partial charge in [-0.3, -0.25) is 4.90 Å². The van der Waals surface area contributed by atoms with E-state index in [2.05, 4.69) is 59.0 Å². The van der Waals surface area contributed by atoms with Crippen molar-refractivity contribution in [1.82, 2.24) is 19.6 Å². The first-order valence-corrected chi connectivity index (χ1v) is 9.73. The van der Waals surface area contributed by atoms with Crippen LogP contribution >= 0.6 is 0 Å². The van der Waals surface area contributed by atoms with Crippen molar-refractivity contribution in [2.75, 3.05) is 19.6 Å². The van der Waals surface area contributed by atoms with Crippen LogP contribution in [0.5, 0.6) is 0 Å². The molecule has 0 saturated carbocycles. The number of aromatic nitrogens is 2. The summed E-state index contributed by atoms with van der Waals surface area (Å²) in [6, 6.07) is 14.5. The normalized spacial score (nSPS) is 15.0. The molecule has 1 aliphatic heterocycles. The van der Waals surface area contributed by atoms with Crippen molar-refractivity contribution in [1.29, 1.82) is 5.26 Å². The van der Waals surface area contributed by atoms with Gasteiger partial charge < -0.3 is 9.72 Å². The predicted octanol–water partition coefficient (Wildman–Crippen LogP) is 3.46. The van der Waals surface area contributed by atoms with E-state index in [4.69, 9.17) is 5.26 Å². The first-order valence-electron chi connectivity index (χ1n) is 9.73. The third-order valence-corrected chi connectivity index (χ3v) is 5.33. The quantitative estimate of drug-likeness (QED) is 0.721. The van der Waals surface area contributed by atoms with E-state index in [1.165, 1.54) is 11.1 Å². The zero-order chi connectivity index (χ0) is 19.5. The topological polar surface area (TPSA) is 56.4 Å². The molecule has 0 saturated heterocycles. The molecule has 0 fully saturated rings. The molecule has 1 N–H and O–H groups in total. The second-order valence-electron chi connectivity index (χ2n) is 7.64. The number of nitriles is 1. The molecule has 1 aromatic carbocycles. The Kier molecular flexibility index (Phi) is 5.14. The van der Waals surface area contributed by atoms with Crippen molar-refractivity contribution in [2.45, 2.75) is 19.9 Å². The Balaban J connectivity index is 1.32. The van der Waals surface area contributed by atoms with E-state index in [9.17, 15) is 0 Å². The summed E-state index contributed by atoms with van der Waals surface area (Å²) in [7, 11) is 0. The largest absolute Gasteiger partial charge is 0.383 e. The summed E-state index contributed by atoms with van der Waals surface area (Å²) in [6.45, 7) is 10.5. The summed E-state index contributed by atoms with van der Waals surface area (Å²) >= 11 is 0. The first-order chi connectivity index (χ1) is 13.6. The molecule has 28 heavy (non-hydrogen) atoms. The van der Waals surface area contributed by atoms with Gasteiger partial charge in [-0.25, -0.2) is 4.98 Å².